The van der Waals surface area contributed by atoms with Crippen LogP contribution < -0.4 is 5.43 Å². The Kier molecular flexibility index (Phi) is 3.01. The summed E-state index contributed by atoms with van der Waals surface area (Å²) in [7, 11) is 0. The molecule has 0 saturated heterocycles. The minimum atomic E-state index is 0.965. The van der Waals surface area contributed by atoms with E-state index in [4.69, 9.17) is 0 Å². The van der Waals surface area contributed by atoms with Crippen LogP contribution in [0.5, 0.6) is 0 Å². The van der Waals surface area contributed by atoms with Gasteiger partial charge in [0.25, 0.3) is 0 Å². The maximum Gasteiger partial charge on any atom is 0.0774 e. The molecule has 13 heavy (non-hydrogen) atoms. The number of anilines is 1. The first-order valence-electron chi connectivity index (χ1n) is 4.31. The van der Waals surface area contributed by atoms with Gasteiger partial charge in [0.15, 0.2) is 0 Å². The Hall–Kier alpha value is -1.38. The molecule has 0 amide bonds. The molecule has 0 aliphatic rings. The molecule has 1 N–H and O–H groups in total. The predicted molar refractivity (Wildman–Crippen MR) is 56.1 cm³/mol. The lowest BCUT2D eigenvalue weighted by Gasteiger charge is -2.04. The van der Waals surface area contributed by atoms with E-state index in [2.05, 4.69) is 15.5 Å². The van der Waals surface area contributed by atoms with Crippen LogP contribution in [0.25, 0.3) is 0 Å². The molecule has 0 bridgehead atoms. The van der Waals surface area contributed by atoms with Crippen LogP contribution in [0.1, 0.15) is 25.2 Å². The first kappa shape index (κ1) is 9.71. The maximum atomic E-state index is 4.32. The quantitative estimate of drug-likeness (QED) is 0.556. The third-order valence-electron chi connectivity index (χ3n) is 1.63. The molecule has 0 aromatic carbocycles. The predicted octanol–water partition coefficient (Wildman–Crippen LogP) is 2.51. The first-order chi connectivity index (χ1) is 6.09. The molecule has 0 aliphatic carbocycles. The fraction of sp³-hybridized carbons (Fsp3) is 0.400. The summed E-state index contributed by atoms with van der Waals surface area (Å²) in [6, 6.07) is 3.96. The molecule has 0 atom stereocenters. The van der Waals surface area contributed by atoms with Crippen LogP contribution in [0.4, 0.5) is 5.69 Å². The number of aromatic nitrogens is 1. The van der Waals surface area contributed by atoms with Crippen molar-refractivity contribution in [3.8, 4) is 0 Å². The van der Waals surface area contributed by atoms with Crippen LogP contribution in [0, 0.1) is 13.8 Å². The highest BCUT2D eigenvalue weighted by molar-refractivity contribution is 5.79. The molecular formula is C10H15N3. The molecule has 1 aromatic rings. The lowest BCUT2D eigenvalue weighted by molar-refractivity contribution is 1.11. The second kappa shape index (κ2) is 4.03. The van der Waals surface area contributed by atoms with Crippen molar-refractivity contribution in [2.45, 2.75) is 27.7 Å². The van der Waals surface area contributed by atoms with Gasteiger partial charge in [-0.15, -0.1) is 0 Å². The van der Waals surface area contributed by atoms with E-state index in [1.807, 2.05) is 39.8 Å². The molecule has 3 heteroatoms. The fourth-order valence-electron chi connectivity index (χ4n) is 0.977. The zero-order chi connectivity index (χ0) is 9.84. The van der Waals surface area contributed by atoms with Crippen molar-refractivity contribution in [2.24, 2.45) is 5.10 Å². The standard InChI is InChI=1S/C10H15N3/c1-7(2)12-13-10-6-5-8(3)11-9(10)4/h5-6,13H,1-4H3. The van der Waals surface area contributed by atoms with Crippen LogP contribution in [-0.2, 0) is 0 Å². The molecule has 1 heterocycles. The number of aryl methyl sites for hydroxylation is 2. The highest BCUT2D eigenvalue weighted by atomic mass is 15.3. The van der Waals surface area contributed by atoms with Gasteiger partial charge in [0.05, 0.1) is 11.4 Å². The number of hydrazone groups is 1. The average Bonchev–Trinajstić information content (AvgIpc) is 2.02. The number of nitrogens with one attached hydrogen (secondary N) is 1. The zero-order valence-electron chi connectivity index (χ0n) is 8.55. The van der Waals surface area contributed by atoms with Crippen LogP contribution >= 0.6 is 0 Å². The summed E-state index contributed by atoms with van der Waals surface area (Å²) in [5.41, 5.74) is 6.93. The van der Waals surface area contributed by atoms with Crippen LogP contribution in [0.2, 0.25) is 0 Å². The zero-order valence-corrected chi connectivity index (χ0v) is 8.55. The summed E-state index contributed by atoms with van der Waals surface area (Å²) in [5, 5.41) is 4.11. The Labute approximate surface area is 78.9 Å². The van der Waals surface area contributed by atoms with Crippen molar-refractivity contribution in [3.63, 3.8) is 0 Å². The minimum absolute atomic E-state index is 0.965. The minimum Gasteiger partial charge on any atom is -0.277 e. The van der Waals surface area contributed by atoms with Gasteiger partial charge in [0, 0.05) is 11.4 Å². The average molecular weight is 177 g/mol. The van der Waals surface area contributed by atoms with Gasteiger partial charge in [-0.1, -0.05) is 0 Å². The Morgan fingerprint density at radius 2 is 2.00 bits per heavy atom. The molecule has 0 aliphatic heterocycles. The molecular weight excluding hydrogens is 162 g/mol. The second-order valence-electron chi connectivity index (χ2n) is 3.26. The van der Waals surface area contributed by atoms with Crippen molar-refractivity contribution in [3.05, 3.63) is 23.5 Å². The first-order valence-corrected chi connectivity index (χ1v) is 4.31. The second-order valence-corrected chi connectivity index (χ2v) is 3.26. The van der Waals surface area contributed by atoms with Gasteiger partial charge in [0.2, 0.25) is 0 Å². The maximum absolute atomic E-state index is 4.32. The van der Waals surface area contributed by atoms with Crippen molar-refractivity contribution >= 4 is 11.4 Å². The molecule has 0 spiro atoms. The van der Waals surface area contributed by atoms with Crippen molar-refractivity contribution in [2.75, 3.05) is 5.43 Å². The summed E-state index contributed by atoms with van der Waals surface area (Å²) in [6.45, 7) is 7.84. The van der Waals surface area contributed by atoms with Crippen molar-refractivity contribution < 1.29 is 0 Å². The SMILES string of the molecule is CC(C)=NNc1ccc(C)nc1C. The Balaban J connectivity index is 2.84. The third-order valence-corrected chi connectivity index (χ3v) is 1.63. The van der Waals surface area contributed by atoms with Crippen molar-refractivity contribution in [1.29, 1.82) is 0 Å². The van der Waals surface area contributed by atoms with E-state index in [-0.39, 0.29) is 0 Å². The Morgan fingerprint density at radius 1 is 1.31 bits per heavy atom. The molecule has 70 valence electrons. The van der Waals surface area contributed by atoms with Gasteiger partial charge < -0.3 is 0 Å². The van der Waals surface area contributed by atoms with Gasteiger partial charge in [0.1, 0.15) is 0 Å². The van der Waals surface area contributed by atoms with Gasteiger partial charge in [-0.25, -0.2) is 0 Å². The molecule has 0 radical (unpaired) electrons. The largest absolute Gasteiger partial charge is 0.277 e. The number of nitrogens with zero attached hydrogens (tertiary/aromatic N) is 2. The van der Waals surface area contributed by atoms with E-state index in [0.29, 0.717) is 0 Å². The summed E-state index contributed by atoms with van der Waals surface area (Å²) < 4.78 is 0. The number of pyridine rings is 1. The van der Waals surface area contributed by atoms with E-state index in [1.165, 1.54) is 0 Å². The lowest BCUT2D eigenvalue weighted by atomic mass is 10.3. The van der Waals surface area contributed by atoms with Gasteiger partial charge in [-0.3, -0.25) is 10.4 Å². The van der Waals surface area contributed by atoms with E-state index >= 15 is 0 Å². The molecule has 0 unspecified atom stereocenters. The molecule has 1 rings (SSSR count). The summed E-state index contributed by atoms with van der Waals surface area (Å²) in [5.74, 6) is 0. The highest BCUT2D eigenvalue weighted by Crippen LogP contribution is 2.12. The lowest BCUT2D eigenvalue weighted by Crippen LogP contribution is -1.97. The van der Waals surface area contributed by atoms with E-state index in [0.717, 1.165) is 22.8 Å². The molecule has 3 nitrogen and oxygen atoms in total. The van der Waals surface area contributed by atoms with Gasteiger partial charge in [-0.2, -0.15) is 5.10 Å². The van der Waals surface area contributed by atoms with Crippen LogP contribution in [0.3, 0.4) is 0 Å². The normalized spacial score (nSPS) is 9.54. The highest BCUT2D eigenvalue weighted by Gasteiger charge is 1.96. The number of hydrogen-bond acceptors (Lipinski definition) is 3. The molecule has 0 saturated carbocycles. The fourth-order valence-corrected chi connectivity index (χ4v) is 0.977. The van der Waals surface area contributed by atoms with E-state index < -0.39 is 0 Å². The summed E-state index contributed by atoms with van der Waals surface area (Å²) >= 11 is 0. The van der Waals surface area contributed by atoms with Crippen LogP contribution in [0.15, 0.2) is 17.2 Å². The molecule has 0 fully saturated rings. The Bertz CT molecular complexity index is 325. The summed E-state index contributed by atoms with van der Waals surface area (Å²) in [4.78, 5) is 4.32. The van der Waals surface area contributed by atoms with Crippen molar-refractivity contribution in [1.82, 2.24) is 4.98 Å². The van der Waals surface area contributed by atoms with Gasteiger partial charge >= 0.3 is 0 Å². The van der Waals surface area contributed by atoms with E-state index in [9.17, 15) is 0 Å². The Morgan fingerprint density at radius 3 is 2.54 bits per heavy atom. The summed E-state index contributed by atoms with van der Waals surface area (Å²) in [6.07, 6.45) is 0. The topological polar surface area (TPSA) is 37.3 Å². The smallest absolute Gasteiger partial charge is 0.0774 e. The third kappa shape index (κ3) is 2.86. The van der Waals surface area contributed by atoms with E-state index in [1.54, 1.807) is 0 Å². The number of rotatable bonds is 2. The number of hydrogen-bond donors (Lipinski definition) is 1. The van der Waals surface area contributed by atoms with Crippen LogP contribution in [-0.4, -0.2) is 10.7 Å². The van der Waals surface area contributed by atoms with Gasteiger partial charge in [-0.05, 0) is 39.8 Å². The molecule has 1 aromatic heterocycles. The monoisotopic (exact) mass is 177 g/mol.